The fourth-order valence-electron chi connectivity index (χ4n) is 3.06. The van der Waals surface area contributed by atoms with Gasteiger partial charge in [-0.05, 0) is 29.8 Å². The minimum Gasteiger partial charge on any atom is -0.387 e. The van der Waals surface area contributed by atoms with Crippen molar-refractivity contribution in [2.45, 2.75) is 6.10 Å². The number of aromatic amines is 2. The van der Waals surface area contributed by atoms with Gasteiger partial charge < -0.3 is 20.4 Å². The molecular weight excluding hydrogens is 402 g/mol. The molecular formula is C20H15ClF2N4O2. The number of rotatable bonds is 5. The van der Waals surface area contributed by atoms with Crippen LogP contribution < -0.4 is 10.9 Å². The molecule has 0 amide bonds. The molecule has 2 heterocycles. The molecule has 0 aliphatic heterocycles. The first-order valence-corrected chi connectivity index (χ1v) is 9.04. The highest BCUT2D eigenvalue weighted by molar-refractivity contribution is 6.30. The number of halogens is 3. The largest absolute Gasteiger partial charge is 0.387 e. The second-order valence-corrected chi connectivity index (χ2v) is 6.85. The van der Waals surface area contributed by atoms with Crippen LogP contribution in [0, 0.1) is 11.6 Å². The molecule has 0 saturated carbocycles. The quantitative estimate of drug-likeness (QED) is 0.395. The van der Waals surface area contributed by atoms with Gasteiger partial charge >= 0.3 is 0 Å². The van der Waals surface area contributed by atoms with E-state index in [0.29, 0.717) is 16.3 Å². The number of hydrogen-bond acceptors (Lipinski definition) is 4. The highest BCUT2D eigenvalue weighted by Crippen LogP contribution is 2.27. The molecule has 0 spiro atoms. The summed E-state index contributed by atoms with van der Waals surface area (Å²) in [6.07, 6.45) is 0.547. The van der Waals surface area contributed by atoms with E-state index in [1.807, 2.05) is 0 Å². The van der Waals surface area contributed by atoms with Gasteiger partial charge in [-0.25, -0.2) is 13.8 Å². The molecule has 29 heavy (non-hydrogen) atoms. The third-order valence-corrected chi connectivity index (χ3v) is 4.66. The smallest absolute Gasteiger partial charge is 0.261 e. The number of benzene rings is 2. The Morgan fingerprint density at radius 1 is 1.21 bits per heavy atom. The summed E-state index contributed by atoms with van der Waals surface area (Å²) in [4.78, 5) is 21.8. The van der Waals surface area contributed by atoms with Crippen LogP contribution in [0.25, 0.3) is 22.4 Å². The highest BCUT2D eigenvalue weighted by Gasteiger charge is 2.17. The lowest BCUT2D eigenvalue weighted by molar-refractivity contribution is 0.191. The maximum Gasteiger partial charge on any atom is 0.261 e. The van der Waals surface area contributed by atoms with E-state index in [9.17, 15) is 18.7 Å². The Morgan fingerprint density at radius 3 is 2.83 bits per heavy atom. The van der Waals surface area contributed by atoms with Crippen LogP contribution in [0.2, 0.25) is 5.02 Å². The van der Waals surface area contributed by atoms with Crippen LogP contribution in [-0.2, 0) is 0 Å². The molecule has 148 valence electrons. The molecule has 0 fully saturated rings. The van der Waals surface area contributed by atoms with Crippen LogP contribution in [0.3, 0.4) is 0 Å². The second-order valence-electron chi connectivity index (χ2n) is 6.42. The van der Waals surface area contributed by atoms with Crippen molar-refractivity contribution < 1.29 is 13.9 Å². The predicted octanol–water partition coefficient (Wildman–Crippen LogP) is 4.00. The van der Waals surface area contributed by atoms with Crippen LogP contribution in [0.5, 0.6) is 0 Å². The van der Waals surface area contributed by atoms with E-state index in [-0.39, 0.29) is 29.0 Å². The van der Waals surface area contributed by atoms with Gasteiger partial charge in [0.05, 0.1) is 17.3 Å². The van der Waals surface area contributed by atoms with Gasteiger partial charge in [0.2, 0.25) is 0 Å². The Hall–Kier alpha value is -3.23. The predicted molar refractivity (Wildman–Crippen MR) is 107 cm³/mol. The van der Waals surface area contributed by atoms with Crippen molar-refractivity contribution in [2.75, 3.05) is 11.9 Å². The first kappa shape index (κ1) is 19.1. The van der Waals surface area contributed by atoms with Crippen molar-refractivity contribution in [3.8, 4) is 11.4 Å². The molecule has 2 aromatic carbocycles. The van der Waals surface area contributed by atoms with Gasteiger partial charge in [-0.15, -0.1) is 0 Å². The number of aliphatic hydroxyl groups is 1. The van der Waals surface area contributed by atoms with E-state index in [4.69, 9.17) is 11.6 Å². The zero-order valence-corrected chi connectivity index (χ0v) is 15.6. The molecule has 0 radical (unpaired) electrons. The number of imidazole rings is 1. The number of H-pyrrole nitrogens is 2. The summed E-state index contributed by atoms with van der Waals surface area (Å²) in [5.74, 6) is -1.51. The van der Waals surface area contributed by atoms with Gasteiger partial charge in [-0.1, -0.05) is 23.7 Å². The summed E-state index contributed by atoms with van der Waals surface area (Å²) in [5, 5.41) is 13.9. The fraction of sp³-hybridized carbons (Fsp3) is 0.100. The molecule has 4 rings (SSSR count). The average Bonchev–Trinajstić information content (AvgIpc) is 3.10. The molecule has 1 atom stereocenters. The molecule has 0 bridgehead atoms. The SMILES string of the molecule is O=c1[nH]ccc(NCC(O)c2cccc(Cl)c2)c1-c1nc2c(F)cc(F)cc2[nH]1. The van der Waals surface area contributed by atoms with E-state index in [1.165, 1.54) is 6.20 Å². The topological polar surface area (TPSA) is 93.8 Å². The number of nitrogens with zero attached hydrogens (tertiary/aromatic N) is 1. The molecule has 1 unspecified atom stereocenters. The van der Waals surface area contributed by atoms with Gasteiger partial charge in [0, 0.05) is 23.8 Å². The maximum absolute atomic E-state index is 14.0. The van der Waals surface area contributed by atoms with Gasteiger partial charge in [0.25, 0.3) is 5.56 Å². The minimum atomic E-state index is -0.886. The monoisotopic (exact) mass is 416 g/mol. The van der Waals surface area contributed by atoms with Crippen molar-refractivity contribution in [1.29, 1.82) is 0 Å². The third kappa shape index (κ3) is 3.85. The van der Waals surface area contributed by atoms with Gasteiger partial charge in [-0.2, -0.15) is 0 Å². The Kier molecular flexibility index (Phi) is 5.04. The van der Waals surface area contributed by atoms with E-state index in [1.54, 1.807) is 30.3 Å². The Balaban J connectivity index is 1.67. The molecule has 0 aliphatic rings. The summed E-state index contributed by atoms with van der Waals surface area (Å²) < 4.78 is 27.4. The van der Waals surface area contributed by atoms with Crippen molar-refractivity contribution in [3.63, 3.8) is 0 Å². The summed E-state index contributed by atoms with van der Waals surface area (Å²) in [5.41, 5.74) is 0.668. The molecule has 6 nitrogen and oxygen atoms in total. The number of aromatic nitrogens is 3. The van der Waals surface area contributed by atoms with Crippen molar-refractivity contribution in [2.24, 2.45) is 0 Å². The van der Waals surface area contributed by atoms with E-state index in [0.717, 1.165) is 12.1 Å². The van der Waals surface area contributed by atoms with Gasteiger partial charge in [0.1, 0.15) is 22.7 Å². The molecule has 4 N–H and O–H groups in total. The number of anilines is 1. The van der Waals surface area contributed by atoms with E-state index < -0.39 is 23.3 Å². The fourth-order valence-corrected chi connectivity index (χ4v) is 3.26. The summed E-state index contributed by atoms with van der Waals surface area (Å²) >= 11 is 5.95. The minimum absolute atomic E-state index is 0.0745. The van der Waals surface area contributed by atoms with Gasteiger partial charge in [0.15, 0.2) is 5.82 Å². The van der Waals surface area contributed by atoms with Crippen molar-refractivity contribution in [3.05, 3.63) is 81.2 Å². The lowest BCUT2D eigenvalue weighted by Crippen LogP contribution is -2.17. The Morgan fingerprint density at radius 2 is 2.03 bits per heavy atom. The molecule has 4 aromatic rings. The number of pyridine rings is 1. The molecule has 0 aliphatic carbocycles. The van der Waals surface area contributed by atoms with Crippen molar-refractivity contribution in [1.82, 2.24) is 15.0 Å². The standard InChI is InChI=1S/C20H15ClF2N4O2/c21-11-3-1-2-10(6-11)16(28)9-25-14-4-5-24-20(29)17(14)19-26-15-8-12(22)7-13(23)18(15)27-19/h1-8,16,28H,9H2,(H,26,27)(H2,24,25,29). The van der Waals surface area contributed by atoms with E-state index in [2.05, 4.69) is 20.3 Å². The normalized spacial score (nSPS) is 12.3. The van der Waals surface area contributed by atoms with Crippen LogP contribution in [-0.4, -0.2) is 26.6 Å². The number of aliphatic hydroxyl groups excluding tert-OH is 1. The molecule has 0 saturated heterocycles. The maximum atomic E-state index is 14.0. The summed E-state index contributed by atoms with van der Waals surface area (Å²) in [6, 6.07) is 10.2. The zero-order chi connectivity index (χ0) is 20.5. The third-order valence-electron chi connectivity index (χ3n) is 4.42. The molecule has 9 heteroatoms. The lowest BCUT2D eigenvalue weighted by Gasteiger charge is -2.15. The second kappa shape index (κ2) is 7.65. The van der Waals surface area contributed by atoms with Crippen LogP contribution in [0.1, 0.15) is 11.7 Å². The number of hydrogen-bond donors (Lipinski definition) is 4. The average molecular weight is 417 g/mol. The highest BCUT2D eigenvalue weighted by atomic mass is 35.5. The zero-order valence-electron chi connectivity index (χ0n) is 14.8. The van der Waals surface area contributed by atoms with E-state index >= 15 is 0 Å². The van der Waals surface area contributed by atoms with Crippen molar-refractivity contribution >= 4 is 28.3 Å². The lowest BCUT2D eigenvalue weighted by atomic mass is 10.1. The number of nitrogens with one attached hydrogen (secondary N) is 3. The van der Waals surface area contributed by atoms with Crippen LogP contribution >= 0.6 is 11.6 Å². The first-order valence-electron chi connectivity index (χ1n) is 8.66. The van der Waals surface area contributed by atoms with Gasteiger partial charge in [-0.3, -0.25) is 4.79 Å². The summed E-state index contributed by atoms with van der Waals surface area (Å²) in [7, 11) is 0. The van der Waals surface area contributed by atoms with Crippen LogP contribution in [0.4, 0.5) is 14.5 Å². The molecule has 2 aromatic heterocycles. The van der Waals surface area contributed by atoms with Crippen LogP contribution in [0.15, 0.2) is 53.5 Å². The summed E-state index contributed by atoms with van der Waals surface area (Å²) in [6.45, 7) is 0.0833. The Bertz CT molecular complexity index is 1250. The first-order chi connectivity index (χ1) is 13.9. The Labute approximate surface area is 168 Å². The number of fused-ring (bicyclic) bond motifs is 1.